The Hall–Kier alpha value is -0.380. The lowest BCUT2D eigenvalue weighted by molar-refractivity contribution is -0.132. The molecule has 0 unspecified atom stereocenters. The first-order chi connectivity index (χ1) is 13.4. The van der Waals surface area contributed by atoms with Crippen LogP contribution in [0.25, 0.3) is 0 Å². The Morgan fingerprint density at radius 2 is 1.76 bits per heavy atom. The van der Waals surface area contributed by atoms with Gasteiger partial charge in [-0.15, -0.1) is 0 Å². The zero-order chi connectivity index (χ0) is 19.9. The number of nitrogens with zero attached hydrogens (tertiary/aromatic N) is 1. The minimum absolute atomic E-state index is 0. The number of likely N-dealkylation sites (N-methyl/N-ethyl adjacent to an activating group) is 1. The zero-order valence-corrected chi connectivity index (χ0v) is 19.8. The molecule has 4 rings (SSSR count). The Balaban J connectivity index is 0.00000240. The van der Waals surface area contributed by atoms with Crippen LogP contribution in [0.2, 0.25) is 0 Å². The molecule has 0 bridgehead atoms. The van der Waals surface area contributed by atoms with E-state index in [1.54, 1.807) is 5.57 Å². The van der Waals surface area contributed by atoms with Crippen molar-refractivity contribution in [2.75, 3.05) is 26.2 Å². The van der Waals surface area contributed by atoms with Gasteiger partial charge >= 0.3 is 0 Å². The third-order valence-corrected chi connectivity index (χ3v) is 9.42. The fourth-order valence-electron chi connectivity index (χ4n) is 7.43. The molecule has 0 saturated heterocycles. The summed E-state index contributed by atoms with van der Waals surface area (Å²) in [6.07, 6.45) is 12.2. The number of carbonyl (C=O) groups excluding carboxylic acids is 1. The topological polar surface area (TPSA) is 29.5 Å². The zero-order valence-electron chi connectivity index (χ0n) is 19.0. The van der Waals surface area contributed by atoms with E-state index >= 15 is 0 Å². The van der Waals surface area contributed by atoms with Gasteiger partial charge < -0.3 is 22.0 Å². The summed E-state index contributed by atoms with van der Waals surface area (Å²) in [5.41, 5.74) is 2.03. The molecule has 0 aliphatic heterocycles. The van der Waals surface area contributed by atoms with Crippen LogP contribution in [-0.4, -0.2) is 43.0 Å². The number of ether oxygens (including phenoxy) is 1. The lowest BCUT2D eigenvalue weighted by Crippen LogP contribution is -3.00. The van der Waals surface area contributed by atoms with Crippen LogP contribution in [0.15, 0.2) is 11.6 Å². The Morgan fingerprint density at radius 1 is 1.07 bits per heavy atom. The van der Waals surface area contributed by atoms with Gasteiger partial charge in [-0.05, 0) is 81.2 Å². The van der Waals surface area contributed by atoms with Crippen LogP contribution in [-0.2, 0) is 9.53 Å². The molecule has 0 spiro atoms. The summed E-state index contributed by atoms with van der Waals surface area (Å²) in [7, 11) is 0. The Bertz CT molecular complexity index is 630. The third-order valence-electron chi connectivity index (χ3n) is 9.42. The third kappa shape index (κ3) is 3.96. The highest BCUT2D eigenvalue weighted by Crippen LogP contribution is 2.64. The number of hydrogen-bond donors (Lipinski definition) is 0. The number of Topliss-reactive ketones (excluding diaryl/α,β-unsaturated/α-hetero) is 1. The summed E-state index contributed by atoms with van der Waals surface area (Å²) in [6, 6.07) is 0. The quantitative estimate of drug-likeness (QED) is 0.615. The first-order valence-corrected chi connectivity index (χ1v) is 12.0. The van der Waals surface area contributed by atoms with Crippen molar-refractivity contribution in [3.05, 3.63) is 11.6 Å². The van der Waals surface area contributed by atoms with Gasteiger partial charge in [0.05, 0.1) is 12.7 Å². The number of rotatable bonds is 6. The number of allylic oxidation sites excluding steroid dienone is 1. The molecule has 0 heterocycles. The summed E-state index contributed by atoms with van der Waals surface area (Å²) in [5, 5.41) is 0. The normalized spacial score (nSPS) is 41.3. The van der Waals surface area contributed by atoms with Crippen molar-refractivity contribution in [3.63, 3.8) is 0 Å². The monoisotopic (exact) mass is 422 g/mol. The number of ketones is 1. The molecule has 3 nitrogen and oxygen atoms in total. The van der Waals surface area contributed by atoms with E-state index in [9.17, 15) is 4.79 Å². The van der Waals surface area contributed by atoms with Crippen molar-refractivity contribution in [2.24, 2.45) is 28.6 Å². The van der Waals surface area contributed by atoms with Crippen molar-refractivity contribution < 1.29 is 21.9 Å². The van der Waals surface area contributed by atoms with Crippen molar-refractivity contribution >= 4 is 5.78 Å². The van der Waals surface area contributed by atoms with E-state index < -0.39 is 0 Å². The molecule has 0 radical (unpaired) electrons. The fourth-order valence-corrected chi connectivity index (χ4v) is 7.43. The molecule has 0 aromatic carbocycles. The summed E-state index contributed by atoms with van der Waals surface area (Å²) >= 11 is 0. The lowest BCUT2D eigenvalue weighted by Gasteiger charge is -2.57. The Kier molecular flexibility index (Phi) is 7.23. The van der Waals surface area contributed by atoms with Crippen molar-refractivity contribution in [1.82, 2.24) is 4.90 Å². The molecular weight excluding hydrogens is 382 g/mol. The van der Waals surface area contributed by atoms with Crippen LogP contribution < -0.4 is 12.4 Å². The molecule has 0 amide bonds. The molecule has 166 valence electrons. The van der Waals surface area contributed by atoms with Crippen LogP contribution >= 0.6 is 0 Å². The van der Waals surface area contributed by atoms with Crippen LogP contribution in [0.1, 0.15) is 79.1 Å². The van der Waals surface area contributed by atoms with Crippen LogP contribution in [0.5, 0.6) is 0 Å². The number of fused-ring (bicyclic) bond motifs is 5. The highest BCUT2D eigenvalue weighted by Gasteiger charge is 2.58. The molecular formula is C25H41ClNO2-. The van der Waals surface area contributed by atoms with Gasteiger partial charge in [0.25, 0.3) is 0 Å². The van der Waals surface area contributed by atoms with E-state index in [1.807, 2.05) is 0 Å². The standard InChI is InChI=1S/C25H41NO2.ClH/c1-5-26(6-2)15-16-28-19-11-13-24(3)18(17-19)7-8-20-21-9-10-23(27)25(21,4)14-12-22(20)24;/h7,19-22H,5-6,8-17H2,1-4H3;1H/p-1/t19-,20-,21-,22-,24-,25-;/m0./s1. The average molecular weight is 423 g/mol. The van der Waals surface area contributed by atoms with Crippen LogP contribution in [0, 0.1) is 28.6 Å². The first kappa shape index (κ1) is 23.3. The van der Waals surface area contributed by atoms with Crippen molar-refractivity contribution in [2.45, 2.75) is 85.2 Å². The molecule has 4 aliphatic carbocycles. The minimum Gasteiger partial charge on any atom is -1.00 e. The number of hydrogen-bond acceptors (Lipinski definition) is 3. The van der Waals surface area contributed by atoms with E-state index in [1.165, 1.54) is 25.7 Å². The maximum Gasteiger partial charge on any atom is 0.139 e. The SMILES string of the molecule is CCN(CC)CCO[C@H]1CC[C@@]2(C)C(=CC[C@@H]3[C@@H]2CC[C@]2(C)C(=O)CC[C@@H]32)C1.[Cl-]. The molecule has 0 N–H and O–H groups in total. The highest BCUT2D eigenvalue weighted by atomic mass is 35.5. The first-order valence-electron chi connectivity index (χ1n) is 12.0. The Morgan fingerprint density at radius 3 is 2.48 bits per heavy atom. The molecule has 4 heteroatoms. The average Bonchev–Trinajstić information content (AvgIpc) is 3.00. The van der Waals surface area contributed by atoms with Gasteiger partial charge in [-0.25, -0.2) is 0 Å². The van der Waals surface area contributed by atoms with E-state index in [-0.39, 0.29) is 17.8 Å². The molecule has 6 atom stereocenters. The molecule has 0 aromatic rings. The predicted molar refractivity (Wildman–Crippen MR) is 114 cm³/mol. The predicted octanol–water partition coefficient (Wildman–Crippen LogP) is 2.25. The smallest absolute Gasteiger partial charge is 0.139 e. The molecule has 4 aliphatic rings. The number of carbonyl (C=O) groups is 1. The van der Waals surface area contributed by atoms with Gasteiger partial charge in [0.1, 0.15) is 5.78 Å². The maximum atomic E-state index is 12.6. The van der Waals surface area contributed by atoms with Crippen LogP contribution in [0.4, 0.5) is 0 Å². The summed E-state index contributed by atoms with van der Waals surface area (Å²) < 4.78 is 6.32. The second-order valence-corrected chi connectivity index (χ2v) is 10.4. The van der Waals surface area contributed by atoms with Gasteiger partial charge in [-0.1, -0.05) is 39.3 Å². The molecule has 3 saturated carbocycles. The second-order valence-electron chi connectivity index (χ2n) is 10.4. The fraction of sp³-hybridized carbons (Fsp3) is 0.880. The minimum atomic E-state index is -0.00634. The van der Waals surface area contributed by atoms with Gasteiger partial charge in [0, 0.05) is 18.4 Å². The summed E-state index contributed by atoms with van der Waals surface area (Å²) in [5.74, 6) is 2.71. The summed E-state index contributed by atoms with van der Waals surface area (Å²) in [4.78, 5) is 15.0. The number of halogens is 1. The largest absolute Gasteiger partial charge is 1.00 e. The van der Waals surface area contributed by atoms with E-state index in [2.05, 4.69) is 38.7 Å². The van der Waals surface area contributed by atoms with Gasteiger partial charge in [-0.2, -0.15) is 0 Å². The van der Waals surface area contributed by atoms with E-state index in [4.69, 9.17) is 4.74 Å². The molecule has 3 fully saturated rings. The van der Waals surface area contributed by atoms with Gasteiger partial charge in [0.15, 0.2) is 0 Å². The second kappa shape index (κ2) is 9.01. The molecule has 29 heavy (non-hydrogen) atoms. The van der Waals surface area contributed by atoms with Crippen molar-refractivity contribution in [1.29, 1.82) is 0 Å². The highest BCUT2D eigenvalue weighted by molar-refractivity contribution is 5.87. The molecule has 0 aromatic heterocycles. The van der Waals surface area contributed by atoms with Crippen LogP contribution in [0.3, 0.4) is 0 Å². The van der Waals surface area contributed by atoms with Gasteiger partial charge in [0.2, 0.25) is 0 Å². The van der Waals surface area contributed by atoms with E-state index in [0.717, 1.165) is 63.8 Å². The lowest BCUT2D eigenvalue weighted by atomic mass is 9.48. The van der Waals surface area contributed by atoms with E-state index in [0.29, 0.717) is 23.2 Å². The summed E-state index contributed by atoms with van der Waals surface area (Å²) in [6.45, 7) is 13.4. The Labute approximate surface area is 184 Å². The van der Waals surface area contributed by atoms with Gasteiger partial charge in [-0.3, -0.25) is 4.79 Å². The van der Waals surface area contributed by atoms with Crippen molar-refractivity contribution in [3.8, 4) is 0 Å². The maximum absolute atomic E-state index is 12.6.